The molecule has 2 bridgehead atoms. The fourth-order valence-corrected chi connectivity index (χ4v) is 6.25. The van der Waals surface area contributed by atoms with E-state index < -0.39 is 18.0 Å². The zero-order chi connectivity index (χ0) is 24.5. The van der Waals surface area contributed by atoms with Crippen LogP contribution in [-0.4, -0.2) is 52.7 Å². The van der Waals surface area contributed by atoms with E-state index in [4.69, 9.17) is 4.74 Å². The molecule has 0 aromatic heterocycles. The van der Waals surface area contributed by atoms with Gasteiger partial charge in [-0.1, -0.05) is 55.5 Å². The third kappa shape index (κ3) is 4.40. The molecule has 5 rings (SSSR count). The number of carbonyl (C=O) groups is 3. The minimum absolute atomic E-state index is 0.00243. The van der Waals surface area contributed by atoms with Gasteiger partial charge in [-0.3, -0.25) is 9.59 Å². The van der Waals surface area contributed by atoms with Crippen LogP contribution in [0.2, 0.25) is 0 Å². The van der Waals surface area contributed by atoms with E-state index in [2.05, 4.69) is 29.6 Å². The first-order valence-corrected chi connectivity index (χ1v) is 12.6. The van der Waals surface area contributed by atoms with Gasteiger partial charge in [0.05, 0.1) is 5.92 Å². The second kappa shape index (κ2) is 9.72. The molecule has 1 unspecified atom stereocenters. The van der Waals surface area contributed by atoms with Gasteiger partial charge >= 0.3 is 12.1 Å². The minimum atomic E-state index is -0.807. The van der Waals surface area contributed by atoms with Gasteiger partial charge in [-0.05, 0) is 54.4 Å². The third-order valence-electron chi connectivity index (χ3n) is 8.01. The summed E-state index contributed by atoms with van der Waals surface area (Å²) in [7, 11) is 0. The van der Waals surface area contributed by atoms with Crippen molar-refractivity contribution in [2.75, 3.05) is 6.61 Å². The molecule has 1 aliphatic carbocycles. The molecular formula is C28H32N2O5. The molecule has 7 heteroatoms. The van der Waals surface area contributed by atoms with Crippen LogP contribution >= 0.6 is 0 Å². The second-order valence-corrected chi connectivity index (χ2v) is 9.89. The Morgan fingerprint density at radius 2 is 1.71 bits per heavy atom. The van der Waals surface area contributed by atoms with Crippen LogP contribution in [0.15, 0.2) is 48.5 Å². The van der Waals surface area contributed by atoms with Crippen molar-refractivity contribution < 1.29 is 24.2 Å². The first-order valence-electron chi connectivity index (χ1n) is 12.6. The Hall–Kier alpha value is -3.35. The predicted octanol–water partition coefficient (Wildman–Crippen LogP) is 4.55. The molecule has 3 aliphatic rings. The molecule has 2 saturated heterocycles. The topological polar surface area (TPSA) is 95.9 Å². The van der Waals surface area contributed by atoms with Gasteiger partial charge in [0, 0.05) is 30.5 Å². The maximum Gasteiger partial charge on any atom is 0.407 e. The molecule has 0 radical (unpaired) electrons. The summed E-state index contributed by atoms with van der Waals surface area (Å²) in [6.45, 7) is 2.22. The van der Waals surface area contributed by atoms with Gasteiger partial charge in [-0.25, -0.2) is 4.79 Å². The maximum atomic E-state index is 12.9. The number of carboxylic acid groups (broad SMARTS) is 1. The highest BCUT2D eigenvalue weighted by Gasteiger charge is 2.51. The van der Waals surface area contributed by atoms with Crippen molar-refractivity contribution in [3.63, 3.8) is 0 Å². The van der Waals surface area contributed by atoms with Gasteiger partial charge in [-0.15, -0.1) is 0 Å². The number of nitrogens with one attached hydrogen (secondary N) is 1. The van der Waals surface area contributed by atoms with Crippen LogP contribution in [0.25, 0.3) is 11.1 Å². The Morgan fingerprint density at radius 3 is 2.31 bits per heavy atom. The Morgan fingerprint density at radius 1 is 1.06 bits per heavy atom. The van der Waals surface area contributed by atoms with Crippen molar-refractivity contribution in [3.8, 4) is 11.1 Å². The number of alkyl carbamates (subject to hydrolysis) is 1. The van der Waals surface area contributed by atoms with Crippen molar-refractivity contribution in [3.05, 3.63) is 59.7 Å². The Labute approximate surface area is 205 Å². The van der Waals surface area contributed by atoms with Crippen LogP contribution in [0.4, 0.5) is 4.79 Å². The minimum Gasteiger partial charge on any atom is -0.481 e. The smallest absolute Gasteiger partial charge is 0.407 e. The van der Waals surface area contributed by atoms with E-state index in [0.717, 1.165) is 12.8 Å². The lowest BCUT2D eigenvalue weighted by molar-refractivity contribution is -0.143. The summed E-state index contributed by atoms with van der Waals surface area (Å²) in [6, 6.07) is 16.1. The molecular weight excluding hydrogens is 444 g/mol. The van der Waals surface area contributed by atoms with Gasteiger partial charge in [0.1, 0.15) is 6.61 Å². The molecule has 2 N–H and O–H groups in total. The Balaban J connectivity index is 1.14. The number of aliphatic carboxylic acids is 1. The number of hydrogen-bond acceptors (Lipinski definition) is 4. The zero-order valence-corrected chi connectivity index (χ0v) is 20.0. The average Bonchev–Trinajstić information content (AvgIpc) is 3.55. The summed E-state index contributed by atoms with van der Waals surface area (Å²) >= 11 is 0. The summed E-state index contributed by atoms with van der Waals surface area (Å²) in [5.41, 5.74) is 4.70. The van der Waals surface area contributed by atoms with Crippen LogP contribution in [-0.2, 0) is 14.3 Å². The zero-order valence-electron chi connectivity index (χ0n) is 20.0. The number of amides is 2. The van der Waals surface area contributed by atoms with Crippen LogP contribution in [0, 0.1) is 5.92 Å². The van der Waals surface area contributed by atoms with Crippen molar-refractivity contribution >= 4 is 18.0 Å². The molecule has 4 atom stereocenters. The molecule has 2 aromatic rings. The van der Waals surface area contributed by atoms with Crippen molar-refractivity contribution in [2.24, 2.45) is 5.92 Å². The largest absolute Gasteiger partial charge is 0.481 e. The van der Waals surface area contributed by atoms with E-state index in [1.165, 1.54) is 22.3 Å². The summed E-state index contributed by atoms with van der Waals surface area (Å²) in [5, 5.41) is 12.4. The molecule has 35 heavy (non-hydrogen) atoms. The fourth-order valence-electron chi connectivity index (χ4n) is 6.25. The van der Waals surface area contributed by atoms with Gasteiger partial charge in [0.2, 0.25) is 5.91 Å². The summed E-state index contributed by atoms with van der Waals surface area (Å²) in [5.74, 6) is -1.26. The van der Waals surface area contributed by atoms with Gasteiger partial charge in [-0.2, -0.15) is 0 Å². The van der Waals surface area contributed by atoms with Crippen molar-refractivity contribution in [1.29, 1.82) is 0 Å². The Bertz CT molecular complexity index is 1090. The number of rotatable bonds is 8. The second-order valence-electron chi connectivity index (χ2n) is 9.89. The number of nitrogens with zero attached hydrogens (tertiary/aromatic N) is 1. The normalized spacial score (nSPS) is 23.0. The number of carboxylic acids is 1. The summed E-state index contributed by atoms with van der Waals surface area (Å²) in [6.07, 6.45) is 3.22. The molecule has 2 aromatic carbocycles. The standard InChI is InChI=1S/C28H32N2O5/c1-2-17(11-14-26(31)30-18-12-13-25(30)23(15-18)27(32)33)29-28(34)35-16-24-21-9-5-3-7-19(21)20-8-4-6-10-22(20)24/h3-10,17-18,23-25H,2,11-16H2,1H3,(H,29,34)(H,32,33)/t17?,18-,23+,25+/m1/s1. The van der Waals surface area contributed by atoms with Crippen molar-refractivity contribution in [2.45, 2.75) is 69.5 Å². The molecule has 0 saturated carbocycles. The number of fused-ring (bicyclic) bond motifs is 5. The maximum absolute atomic E-state index is 12.9. The van der Waals surface area contributed by atoms with Crippen LogP contribution in [0.3, 0.4) is 0 Å². The van der Waals surface area contributed by atoms with Gasteiger partial charge in [0.15, 0.2) is 0 Å². The highest BCUT2D eigenvalue weighted by molar-refractivity contribution is 5.81. The number of benzene rings is 2. The first-order chi connectivity index (χ1) is 17.0. The average molecular weight is 477 g/mol. The summed E-state index contributed by atoms with van der Waals surface area (Å²) < 4.78 is 5.65. The predicted molar refractivity (Wildman–Crippen MR) is 131 cm³/mol. The van der Waals surface area contributed by atoms with E-state index in [0.29, 0.717) is 25.7 Å². The highest BCUT2D eigenvalue weighted by atomic mass is 16.5. The third-order valence-corrected chi connectivity index (χ3v) is 8.01. The van der Waals surface area contributed by atoms with Crippen LogP contribution < -0.4 is 5.32 Å². The number of ether oxygens (including phenoxy) is 1. The van der Waals surface area contributed by atoms with E-state index in [9.17, 15) is 19.5 Å². The fraction of sp³-hybridized carbons (Fsp3) is 0.464. The lowest BCUT2D eigenvalue weighted by atomic mass is 9.89. The molecule has 2 heterocycles. The summed E-state index contributed by atoms with van der Waals surface area (Å²) in [4.78, 5) is 38.8. The highest BCUT2D eigenvalue weighted by Crippen LogP contribution is 2.44. The Kier molecular flexibility index (Phi) is 6.50. The molecule has 2 fully saturated rings. The number of carbonyl (C=O) groups excluding carboxylic acids is 2. The molecule has 184 valence electrons. The first kappa shape index (κ1) is 23.4. The molecule has 0 spiro atoms. The van der Waals surface area contributed by atoms with Gasteiger partial charge < -0.3 is 20.1 Å². The van der Waals surface area contributed by atoms with Crippen LogP contribution in [0.1, 0.15) is 62.5 Å². The lowest BCUT2D eigenvalue weighted by Crippen LogP contribution is -2.40. The molecule has 7 nitrogen and oxygen atoms in total. The quantitative estimate of drug-likeness (QED) is 0.583. The van der Waals surface area contributed by atoms with Gasteiger partial charge in [0.25, 0.3) is 0 Å². The van der Waals surface area contributed by atoms with E-state index in [1.54, 1.807) is 4.90 Å². The van der Waals surface area contributed by atoms with E-state index in [1.807, 2.05) is 31.2 Å². The van der Waals surface area contributed by atoms with E-state index in [-0.39, 0.29) is 36.6 Å². The van der Waals surface area contributed by atoms with E-state index >= 15 is 0 Å². The monoisotopic (exact) mass is 476 g/mol. The van der Waals surface area contributed by atoms with Crippen molar-refractivity contribution in [1.82, 2.24) is 10.2 Å². The van der Waals surface area contributed by atoms with Crippen LogP contribution in [0.5, 0.6) is 0 Å². The molecule has 2 amide bonds. The lowest BCUT2D eigenvalue weighted by Gasteiger charge is -2.24. The number of hydrogen-bond donors (Lipinski definition) is 2. The SMILES string of the molecule is CCC(CCC(=O)N1[C@@H]2CC[C@H]1[C@@H](C(=O)O)C2)NC(=O)OCC1c2ccccc2-c2ccccc21. The molecule has 2 aliphatic heterocycles.